The number of rotatable bonds is 8. The smallest absolute Gasteiger partial charge is 0.271 e. The highest BCUT2D eigenvalue weighted by atomic mass is 32.1. The summed E-state index contributed by atoms with van der Waals surface area (Å²) in [7, 11) is 3.20. The van der Waals surface area contributed by atoms with Crippen molar-refractivity contribution in [3.8, 4) is 11.5 Å². The number of hydrogen-bond acceptors (Lipinski definition) is 6. The fraction of sp³-hybridized carbons (Fsp3) is 0.393. The molecule has 7 nitrogen and oxygen atoms in total. The Morgan fingerprint density at radius 2 is 1.53 bits per heavy atom. The number of thiazole rings is 1. The molecule has 0 bridgehead atoms. The van der Waals surface area contributed by atoms with Crippen molar-refractivity contribution >= 4 is 28.8 Å². The van der Waals surface area contributed by atoms with Gasteiger partial charge in [-0.1, -0.05) is 31.4 Å². The van der Waals surface area contributed by atoms with E-state index in [4.69, 9.17) is 9.47 Å². The van der Waals surface area contributed by atoms with Gasteiger partial charge in [-0.25, -0.2) is 4.98 Å². The van der Waals surface area contributed by atoms with E-state index in [-0.39, 0.29) is 17.9 Å². The van der Waals surface area contributed by atoms with Crippen molar-refractivity contribution < 1.29 is 19.1 Å². The molecular formula is C28H33N3O4S. The van der Waals surface area contributed by atoms with E-state index >= 15 is 0 Å². The molecule has 0 unspecified atom stereocenters. The van der Waals surface area contributed by atoms with Gasteiger partial charge < -0.3 is 14.8 Å². The van der Waals surface area contributed by atoms with Crippen LogP contribution in [0.3, 0.4) is 0 Å². The lowest BCUT2D eigenvalue weighted by Gasteiger charge is -2.33. The van der Waals surface area contributed by atoms with Crippen molar-refractivity contribution in [3.63, 3.8) is 0 Å². The molecular weight excluding hydrogens is 474 g/mol. The largest absolute Gasteiger partial charge is 0.497 e. The van der Waals surface area contributed by atoms with Crippen LogP contribution in [-0.2, 0) is 4.79 Å². The second kappa shape index (κ2) is 11.6. The van der Waals surface area contributed by atoms with Gasteiger partial charge in [0, 0.05) is 11.7 Å². The quantitative estimate of drug-likeness (QED) is 0.428. The molecule has 36 heavy (non-hydrogen) atoms. The number of carbonyl (C=O) groups excluding carboxylic acids is 2. The summed E-state index contributed by atoms with van der Waals surface area (Å²) in [5, 5.41) is 4.05. The third-order valence-electron chi connectivity index (χ3n) is 6.56. The van der Waals surface area contributed by atoms with Crippen LogP contribution in [0.25, 0.3) is 0 Å². The van der Waals surface area contributed by atoms with Crippen LogP contribution in [0.15, 0.2) is 48.5 Å². The lowest BCUT2D eigenvalue weighted by molar-refractivity contribution is -0.123. The zero-order valence-corrected chi connectivity index (χ0v) is 22.1. The third kappa shape index (κ3) is 5.70. The highest BCUT2D eigenvalue weighted by Crippen LogP contribution is 2.34. The Balaban J connectivity index is 1.81. The molecule has 0 radical (unpaired) electrons. The Bertz CT molecular complexity index is 1180. The molecule has 2 aromatic carbocycles. The molecule has 8 heteroatoms. The molecule has 1 fully saturated rings. The van der Waals surface area contributed by atoms with Crippen LogP contribution in [0.2, 0.25) is 0 Å². The van der Waals surface area contributed by atoms with Crippen molar-refractivity contribution in [1.29, 1.82) is 0 Å². The third-order valence-corrected chi connectivity index (χ3v) is 7.62. The maximum absolute atomic E-state index is 14.1. The van der Waals surface area contributed by atoms with E-state index in [1.54, 1.807) is 31.3 Å². The molecule has 0 spiro atoms. The average Bonchev–Trinajstić information content (AvgIpc) is 3.25. The molecule has 1 aromatic heterocycles. The van der Waals surface area contributed by atoms with Gasteiger partial charge in [0.15, 0.2) is 0 Å². The van der Waals surface area contributed by atoms with E-state index in [1.165, 1.54) is 17.8 Å². The van der Waals surface area contributed by atoms with Gasteiger partial charge in [-0.05, 0) is 68.7 Å². The molecule has 0 aliphatic heterocycles. The van der Waals surface area contributed by atoms with Crippen molar-refractivity contribution in [3.05, 3.63) is 69.7 Å². The van der Waals surface area contributed by atoms with Crippen LogP contribution in [-0.4, -0.2) is 37.1 Å². The number of carbonyl (C=O) groups is 2. The predicted molar refractivity (Wildman–Crippen MR) is 142 cm³/mol. The lowest BCUT2D eigenvalue weighted by Crippen LogP contribution is -2.47. The van der Waals surface area contributed by atoms with Crippen LogP contribution < -0.4 is 19.7 Å². The van der Waals surface area contributed by atoms with Crippen LogP contribution >= 0.6 is 11.3 Å². The topological polar surface area (TPSA) is 80.8 Å². The van der Waals surface area contributed by atoms with Gasteiger partial charge in [0.1, 0.15) is 22.4 Å². The average molecular weight is 508 g/mol. The SMILES string of the molecule is COc1ccc([C@H](C(=O)NC2CCCCC2)N(C(=O)c2sc(C)nc2C)c2ccc(OC)cc2)cc1. The summed E-state index contributed by atoms with van der Waals surface area (Å²) in [5.41, 5.74) is 1.96. The van der Waals surface area contributed by atoms with E-state index in [0.717, 1.165) is 30.7 Å². The van der Waals surface area contributed by atoms with Gasteiger partial charge in [0.2, 0.25) is 5.91 Å². The number of anilines is 1. The minimum absolute atomic E-state index is 0.104. The number of benzene rings is 2. The highest BCUT2D eigenvalue weighted by molar-refractivity contribution is 7.13. The van der Waals surface area contributed by atoms with E-state index in [2.05, 4.69) is 10.3 Å². The Morgan fingerprint density at radius 3 is 2.06 bits per heavy atom. The molecule has 1 heterocycles. The number of ether oxygens (including phenoxy) is 2. The monoisotopic (exact) mass is 507 g/mol. The Labute approximate surface area is 216 Å². The van der Waals surface area contributed by atoms with Crippen LogP contribution in [0.5, 0.6) is 11.5 Å². The summed E-state index contributed by atoms with van der Waals surface area (Å²) in [4.78, 5) is 34.7. The lowest BCUT2D eigenvalue weighted by atomic mass is 9.94. The Morgan fingerprint density at radius 1 is 0.944 bits per heavy atom. The first kappa shape index (κ1) is 25.7. The second-order valence-electron chi connectivity index (χ2n) is 9.04. The summed E-state index contributed by atoms with van der Waals surface area (Å²) in [6, 6.07) is 13.8. The minimum atomic E-state index is -0.875. The van der Waals surface area contributed by atoms with Crippen molar-refractivity contribution in [2.75, 3.05) is 19.1 Å². The van der Waals surface area contributed by atoms with Gasteiger partial charge in [-0.15, -0.1) is 11.3 Å². The summed E-state index contributed by atoms with van der Waals surface area (Å²) >= 11 is 1.34. The first-order valence-electron chi connectivity index (χ1n) is 12.3. The molecule has 2 amide bonds. The summed E-state index contributed by atoms with van der Waals surface area (Å²) < 4.78 is 10.7. The Kier molecular flexibility index (Phi) is 8.25. The van der Waals surface area contributed by atoms with E-state index < -0.39 is 6.04 Å². The molecule has 1 aliphatic carbocycles. The van der Waals surface area contributed by atoms with Crippen LogP contribution in [0, 0.1) is 13.8 Å². The molecule has 1 aliphatic rings. The predicted octanol–water partition coefficient (Wildman–Crippen LogP) is 5.61. The maximum atomic E-state index is 14.1. The standard InChI is InChI=1S/C28H33N3O4S/c1-18-26(36-19(2)29-18)28(33)31(22-12-16-24(35-4)17-13-22)25(20-10-14-23(34-3)15-11-20)27(32)30-21-8-6-5-7-9-21/h10-17,21,25H,5-9H2,1-4H3,(H,30,32)/t25-/m1/s1. The maximum Gasteiger partial charge on any atom is 0.271 e. The van der Waals surface area contributed by atoms with Gasteiger partial charge in [-0.2, -0.15) is 0 Å². The minimum Gasteiger partial charge on any atom is -0.497 e. The fourth-order valence-corrected chi connectivity index (χ4v) is 5.55. The zero-order valence-electron chi connectivity index (χ0n) is 21.2. The number of hydrogen-bond donors (Lipinski definition) is 1. The molecule has 1 atom stereocenters. The van der Waals surface area contributed by atoms with Crippen molar-refractivity contribution in [2.24, 2.45) is 0 Å². The summed E-state index contributed by atoms with van der Waals surface area (Å²) in [5.74, 6) is 0.892. The zero-order chi connectivity index (χ0) is 25.7. The molecule has 3 aromatic rings. The number of aryl methyl sites for hydroxylation is 2. The van der Waals surface area contributed by atoms with Gasteiger partial charge >= 0.3 is 0 Å². The highest BCUT2D eigenvalue weighted by Gasteiger charge is 2.36. The molecule has 1 saturated carbocycles. The molecule has 0 saturated heterocycles. The molecule has 1 N–H and O–H groups in total. The number of nitrogens with one attached hydrogen (secondary N) is 1. The normalized spacial score (nSPS) is 14.7. The first-order valence-corrected chi connectivity index (χ1v) is 13.1. The van der Waals surface area contributed by atoms with Gasteiger partial charge in [-0.3, -0.25) is 14.5 Å². The number of nitrogens with zero attached hydrogens (tertiary/aromatic N) is 2. The first-order chi connectivity index (χ1) is 17.4. The number of amides is 2. The summed E-state index contributed by atoms with van der Waals surface area (Å²) in [6.45, 7) is 3.70. The van der Waals surface area contributed by atoms with E-state index in [0.29, 0.717) is 33.3 Å². The van der Waals surface area contributed by atoms with Crippen LogP contribution in [0.4, 0.5) is 5.69 Å². The van der Waals surface area contributed by atoms with Gasteiger partial charge in [0.25, 0.3) is 5.91 Å². The Hall–Kier alpha value is -3.39. The van der Waals surface area contributed by atoms with Crippen molar-refractivity contribution in [2.45, 2.75) is 58.0 Å². The van der Waals surface area contributed by atoms with Crippen LogP contribution in [0.1, 0.15) is 64.1 Å². The van der Waals surface area contributed by atoms with Crippen molar-refractivity contribution in [1.82, 2.24) is 10.3 Å². The fourth-order valence-electron chi connectivity index (χ4n) is 4.70. The number of aromatic nitrogens is 1. The molecule has 4 rings (SSSR count). The van der Waals surface area contributed by atoms with E-state index in [9.17, 15) is 9.59 Å². The summed E-state index contributed by atoms with van der Waals surface area (Å²) in [6.07, 6.45) is 5.28. The van der Waals surface area contributed by atoms with Gasteiger partial charge in [0.05, 0.1) is 24.9 Å². The van der Waals surface area contributed by atoms with E-state index in [1.807, 2.05) is 50.2 Å². The number of methoxy groups -OCH3 is 2. The second-order valence-corrected chi connectivity index (χ2v) is 10.2. The molecule has 190 valence electrons.